The molecule has 1 aliphatic rings. The minimum Gasteiger partial charge on any atom is -0.496 e. The molecule has 0 radical (unpaired) electrons. The van der Waals surface area contributed by atoms with Gasteiger partial charge in [-0.1, -0.05) is 68.4 Å². The van der Waals surface area contributed by atoms with Crippen LogP contribution in [0, 0.1) is 11.8 Å². The highest BCUT2D eigenvalue weighted by atomic mass is 19.4. The summed E-state index contributed by atoms with van der Waals surface area (Å²) in [5.41, 5.74) is 2.20. The van der Waals surface area contributed by atoms with Gasteiger partial charge >= 0.3 is 30.1 Å². The van der Waals surface area contributed by atoms with Crippen LogP contribution in [0.2, 0.25) is 0 Å². The van der Waals surface area contributed by atoms with Gasteiger partial charge in [0.2, 0.25) is 0 Å². The Morgan fingerprint density at radius 1 is 1.04 bits per heavy atom. The number of hydrogen-bond donors (Lipinski definition) is 1. The number of nitrogens with zero attached hydrogens (tertiary/aromatic N) is 4. The predicted octanol–water partition coefficient (Wildman–Crippen LogP) is 5.06. The zero-order valence-electron chi connectivity index (χ0n) is 32.1. The number of rotatable bonds is 17. The Bertz CT molecular complexity index is 1780. The van der Waals surface area contributed by atoms with E-state index in [-0.39, 0.29) is 25.6 Å². The molecule has 0 bridgehead atoms. The van der Waals surface area contributed by atoms with Crippen LogP contribution in [-0.2, 0) is 57.8 Å². The zero-order chi connectivity index (χ0) is 41.0. The van der Waals surface area contributed by atoms with Crippen molar-refractivity contribution in [2.75, 3.05) is 26.8 Å². The number of hydrogen-bond acceptors (Lipinski definition) is 12. The molecule has 3 aromatic rings. The molecule has 306 valence electrons. The summed E-state index contributed by atoms with van der Waals surface area (Å²) in [4.78, 5) is 49.2. The third-order valence-corrected chi connectivity index (χ3v) is 9.07. The van der Waals surface area contributed by atoms with Crippen molar-refractivity contribution in [1.82, 2.24) is 25.2 Å². The van der Waals surface area contributed by atoms with Crippen molar-refractivity contribution < 1.29 is 60.8 Å². The van der Waals surface area contributed by atoms with E-state index < -0.39 is 73.8 Å². The van der Waals surface area contributed by atoms with Crippen LogP contribution in [0.1, 0.15) is 52.2 Å². The number of alkyl halides is 3. The molecular formula is C38H48F3N5O10. The minimum absolute atomic E-state index is 0.0126. The SMILES string of the molecule is CCCNC(=O)OCc1ccc(-c2cn(CC3O[C@H](OCC(CN(Cc4ccccc4)C(=O)C(F)(F)F)OC(C)=O)C(C)[C@@H](C)[C@H]3OC(C)=O)nn2)cc1OC. The molecule has 0 spiro atoms. The minimum atomic E-state index is -5.18. The normalized spacial score (nSPS) is 20.1. The van der Waals surface area contributed by atoms with E-state index in [1.54, 1.807) is 61.7 Å². The summed E-state index contributed by atoms with van der Waals surface area (Å²) in [7, 11) is 1.49. The van der Waals surface area contributed by atoms with Gasteiger partial charge < -0.3 is 38.6 Å². The van der Waals surface area contributed by atoms with Gasteiger partial charge in [-0.15, -0.1) is 5.10 Å². The van der Waals surface area contributed by atoms with E-state index in [1.807, 2.05) is 13.8 Å². The Labute approximate surface area is 322 Å². The Morgan fingerprint density at radius 2 is 1.77 bits per heavy atom. The maximum absolute atomic E-state index is 13.6. The molecule has 1 N–H and O–H groups in total. The fourth-order valence-electron chi connectivity index (χ4n) is 6.13. The first kappa shape index (κ1) is 43.5. The molecule has 56 heavy (non-hydrogen) atoms. The summed E-state index contributed by atoms with van der Waals surface area (Å²) in [5, 5.41) is 11.2. The molecule has 6 atom stereocenters. The van der Waals surface area contributed by atoms with Crippen LogP contribution < -0.4 is 10.1 Å². The molecule has 0 saturated carbocycles. The highest BCUT2D eigenvalue weighted by molar-refractivity contribution is 5.82. The maximum atomic E-state index is 13.6. The lowest BCUT2D eigenvalue weighted by atomic mass is 9.84. The van der Waals surface area contributed by atoms with Gasteiger partial charge in [0.25, 0.3) is 0 Å². The average molecular weight is 792 g/mol. The molecule has 1 aliphatic heterocycles. The molecule has 2 amide bonds. The molecule has 18 heteroatoms. The largest absolute Gasteiger partial charge is 0.496 e. The van der Waals surface area contributed by atoms with E-state index in [0.29, 0.717) is 39.6 Å². The third kappa shape index (κ3) is 12.4. The van der Waals surface area contributed by atoms with E-state index in [1.165, 1.54) is 18.7 Å². The summed E-state index contributed by atoms with van der Waals surface area (Å²) < 4.78 is 76.7. The van der Waals surface area contributed by atoms with Gasteiger partial charge in [0.05, 0.1) is 33.0 Å². The number of nitrogens with one attached hydrogen (secondary N) is 1. The smallest absolute Gasteiger partial charge is 0.471 e. The van der Waals surface area contributed by atoms with E-state index in [2.05, 4.69) is 15.6 Å². The number of carbonyl (C=O) groups is 4. The molecule has 1 saturated heterocycles. The van der Waals surface area contributed by atoms with Crippen molar-refractivity contribution in [3.05, 3.63) is 65.9 Å². The standard InChI is InChI=1S/C38H48F3N5O10/c1-7-15-42-37(50)53-21-29-14-13-28(16-32(29)51-6)31-19-46(44-43-31)20-33-34(55-26(5)48)23(2)24(3)35(56-33)52-22-30(54-25(4)47)18-45(36(49)38(39,40)41)17-27-11-9-8-10-12-27/h8-14,16,19,23-24,30,33-35H,7,15,17-18,20-22H2,1-6H3,(H,42,50)/t23-,24?,30?,33?,34-,35+/m1/s1. The van der Waals surface area contributed by atoms with E-state index in [4.69, 9.17) is 28.4 Å². The second-order valence-electron chi connectivity index (χ2n) is 13.4. The van der Waals surface area contributed by atoms with Crippen molar-refractivity contribution in [3.63, 3.8) is 0 Å². The van der Waals surface area contributed by atoms with Crippen LogP contribution in [0.3, 0.4) is 0 Å². The Kier molecular flexibility index (Phi) is 15.6. The number of alkyl carbamates (subject to hydrolysis) is 1. The molecule has 0 aliphatic carbocycles. The van der Waals surface area contributed by atoms with E-state index in [0.717, 1.165) is 13.3 Å². The average Bonchev–Trinajstić information content (AvgIpc) is 3.62. The van der Waals surface area contributed by atoms with Crippen LogP contribution in [0.5, 0.6) is 5.75 Å². The zero-order valence-corrected chi connectivity index (χ0v) is 32.1. The second-order valence-corrected chi connectivity index (χ2v) is 13.4. The Hall–Kier alpha value is -5.23. The lowest BCUT2D eigenvalue weighted by Gasteiger charge is -2.44. The topological polar surface area (TPSA) is 170 Å². The molecular weight excluding hydrogens is 743 g/mol. The van der Waals surface area contributed by atoms with Crippen LogP contribution in [-0.4, -0.2) is 101 Å². The number of halogens is 3. The number of esters is 2. The lowest BCUT2D eigenvalue weighted by Crippen LogP contribution is -2.54. The van der Waals surface area contributed by atoms with Crippen molar-refractivity contribution >= 4 is 23.9 Å². The number of methoxy groups -OCH3 is 1. The van der Waals surface area contributed by atoms with E-state index >= 15 is 0 Å². The molecule has 15 nitrogen and oxygen atoms in total. The third-order valence-electron chi connectivity index (χ3n) is 9.07. The molecule has 2 aromatic carbocycles. The number of ether oxygens (including phenoxy) is 6. The van der Waals surface area contributed by atoms with Crippen molar-refractivity contribution in [3.8, 4) is 17.0 Å². The van der Waals surface area contributed by atoms with Gasteiger partial charge in [-0.2, -0.15) is 13.2 Å². The molecule has 4 rings (SSSR count). The van der Waals surface area contributed by atoms with Crippen molar-refractivity contribution in [2.24, 2.45) is 11.8 Å². The quantitative estimate of drug-likeness (QED) is 0.143. The fraction of sp³-hybridized carbons (Fsp3) is 0.526. The highest BCUT2D eigenvalue weighted by Gasteiger charge is 2.46. The highest BCUT2D eigenvalue weighted by Crippen LogP contribution is 2.35. The van der Waals surface area contributed by atoms with Crippen molar-refractivity contribution in [2.45, 2.75) is 91.5 Å². The summed E-state index contributed by atoms with van der Waals surface area (Å²) in [6.45, 7) is 7.06. The first-order valence-electron chi connectivity index (χ1n) is 18.1. The maximum Gasteiger partial charge on any atom is 0.471 e. The fourth-order valence-corrected chi connectivity index (χ4v) is 6.13. The van der Waals surface area contributed by atoms with Crippen molar-refractivity contribution in [1.29, 1.82) is 0 Å². The van der Waals surface area contributed by atoms with Gasteiger partial charge in [0, 0.05) is 49.9 Å². The van der Waals surface area contributed by atoms with Crippen LogP contribution >= 0.6 is 0 Å². The van der Waals surface area contributed by atoms with Gasteiger partial charge in [-0.25, -0.2) is 9.48 Å². The number of benzene rings is 2. The lowest BCUT2D eigenvalue weighted by molar-refractivity contribution is -0.274. The molecule has 3 unspecified atom stereocenters. The Balaban J connectivity index is 1.50. The molecule has 2 heterocycles. The van der Waals surface area contributed by atoms with Gasteiger partial charge in [0.15, 0.2) is 6.29 Å². The number of aromatic nitrogens is 3. The first-order chi connectivity index (χ1) is 26.6. The summed E-state index contributed by atoms with van der Waals surface area (Å²) >= 11 is 0. The van der Waals surface area contributed by atoms with Gasteiger partial charge in [-0.3, -0.25) is 14.4 Å². The second kappa shape index (κ2) is 20.1. The van der Waals surface area contributed by atoms with Crippen LogP contribution in [0.15, 0.2) is 54.7 Å². The first-order valence-corrected chi connectivity index (χ1v) is 18.1. The summed E-state index contributed by atoms with van der Waals surface area (Å²) in [5.74, 6) is -3.71. The molecule has 1 aromatic heterocycles. The van der Waals surface area contributed by atoms with Gasteiger partial charge in [0.1, 0.15) is 36.4 Å². The monoisotopic (exact) mass is 791 g/mol. The van der Waals surface area contributed by atoms with Gasteiger partial charge in [-0.05, 0) is 18.1 Å². The summed E-state index contributed by atoms with van der Waals surface area (Å²) in [6, 6.07) is 13.3. The number of amides is 2. The number of carbonyl (C=O) groups excluding carboxylic acids is 4. The van der Waals surface area contributed by atoms with Crippen LogP contribution in [0.25, 0.3) is 11.3 Å². The summed E-state index contributed by atoms with van der Waals surface area (Å²) in [6.07, 6.45) is -7.15. The Morgan fingerprint density at radius 3 is 2.41 bits per heavy atom. The van der Waals surface area contributed by atoms with Crippen LogP contribution in [0.4, 0.5) is 18.0 Å². The van der Waals surface area contributed by atoms with E-state index in [9.17, 15) is 32.3 Å². The predicted molar refractivity (Wildman–Crippen MR) is 192 cm³/mol. The molecule has 1 fully saturated rings.